The Morgan fingerprint density at radius 3 is 2.25 bits per heavy atom. The fourth-order valence-electron chi connectivity index (χ4n) is 3.52. The molecule has 0 aromatic carbocycles. The third-order valence-electron chi connectivity index (χ3n) is 5.32. The largest absolute Gasteiger partial charge is 0.303 e. The second-order valence-corrected chi connectivity index (χ2v) is 8.45. The van der Waals surface area contributed by atoms with Crippen molar-refractivity contribution in [3.8, 4) is 0 Å². The molecule has 1 aromatic heterocycles. The monoisotopic (exact) mass is 292 g/mol. The lowest BCUT2D eigenvalue weighted by molar-refractivity contribution is 0.158. The first-order valence-corrected chi connectivity index (χ1v) is 9.04. The molecule has 2 nitrogen and oxygen atoms in total. The maximum absolute atomic E-state index is 4.91. The topological polar surface area (TPSA) is 24.9 Å². The Bertz CT molecular complexity index is 446. The quantitative estimate of drug-likeness (QED) is 0.880. The van der Waals surface area contributed by atoms with Gasteiger partial charge < -0.3 is 5.32 Å². The van der Waals surface area contributed by atoms with E-state index in [1.807, 2.05) is 11.3 Å². The minimum atomic E-state index is 0.191. The molecule has 2 aliphatic rings. The van der Waals surface area contributed by atoms with E-state index in [2.05, 4.69) is 33.0 Å². The molecule has 0 saturated heterocycles. The van der Waals surface area contributed by atoms with Crippen molar-refractivity contribution < 1.29 is 0 Å². The summed E-state index contributed by atoms with van der Waals surface area (Å²) < 4.78 is 0. The van der Waals surface area contributed by atoms with Gasteiger partial charge in [0.1, 0.15) is 5.01 Å². The molecule has 0 unspecified atom stereocenters. The molecular weight excluding hydrogens is 264 g/mol. The van der Waals surface area contributed by atoms with Gasteiger partial charge in [0, 0.05) is 10.9 Å². The van der Waals surface area contributed by atoms with E-state index >= 15 is 0 Å². The van der Waals surface area contributed by atoms with E-state index in [-0.39, 0.29) is 5.54 Å². The summed E-state index contributed by atoms with van der Waals surface area (Å²) in [6.45, 7) is 9.12. The first-order chi connectivity index (χ1) is 9.50. The van der Waals surface area contributed by atoms with Gasteiger partial charge in [0.15, 0.2) is 0 Å². The molecule has 20 heavy (non-hydrogen) atoms. The van der Waals surface area contributed by atoms with Gasteiger partial charge in [-0.15, -0.1) is 11.3 Å². The van der Waals surface area contributed by atoms with Crippen LogP contribution >= 0.6 is 11.3 Å². The molecule has 0 bridgehead atoms. The first-order valence-electron chi connectivity index (χ1n) is 8.22. The van der Waals surface area contributed by atoms with Gasteiger partial charge in [-0.25, -0.2) is 4.98 Å². The van der Waals surface area contributed by atoms with Gasteiger partial charge in [0.05, 0.1) is 11.2 Å². The summed E-state index contributed by atoms with van der Waals surface area (Å²) >= 11 is 1.93. The molecule has 0 aliphatic heterocycles. The smallest absolute Gasteiger partial charge is 0.113 e. The van der Waals surface area contributed by atoms with Gasteiger partial charge in [-0.05, 0) is 64.2 Å². The van der Waals surface area contributed by atoms with Crippen molar-refractivity contribution in [1.82, 2.24) is 10.3 Å². The molecule has 0 atom stereocenters. The Morgan fingerprint density at radius 2 is 1.80 bits per heavy atom. The standard InChI is InChI=1S/C17H28N2S/c1-11(2)14-7-9-17(10-8-14,19-15-5-6-15)16-18-12(3)13(4)20-16/h11,14-15,19H,5-10H2,1-4H3. The van der Waals surface area contributed by atoms with Crippen LogP contribution in [0.4, 0.5) is 0 Å². The fraction of sp³-hybridized carbons (Fsp3) is 0.824. The Kier molecular flexibility index (Phi) is 3.93. The zero-order valence-corrected chi connectivity index (χ0v) is 14.1. The number of hydrogen-bond donors (Lipinski definition) is 1. The highest BCUT2D eigenvalue weighted by Gasteiger charge is 2.43. The number of aryl methyl sites for hydroxylation is 2. The molecule has 3 rings (SSSR count). The Morgan fingerprint density at radius 1 is 1.15 bits per heavy atom. The summed E-state index contributed by atoms with van der Waals surface area (Å²) in [5.41, 5.74) is 1.42. The highest BCUT2D eigenvalue weighted by Crippen LogP contribution is 2.45. The van der Waals surface area contributed by atoms with Crippen LogP contribution in [0, 0.1) is 25.7 Å². The highest BCUT2D eigenvalue weighted by molar-refractivity contribution is 7.11. The van der Waals surface area contributed by atoms with Crippen molar-refractivity contribution in [3.05, 3.63) is 15.6 Å². The Labute approximate surface area is 127 Å². The summed E-state index contributed by atoms with van der Waals surface area (Å²) in [6, 6.07) is 0.759. The van der Waals surface area contributed by atoms with Gasteiger partial charge in [-0.1, -0.05) is 13.8 Å². The molecular formula is C17H28N2S. The van der Waals surface area contributed by atoms with E-state index in [9.17, 15) is 0 Å². The van der Waals surface area contributed by atoms with Gasteiger partial charge in [0.25, 0.3) is 0 Å². The van der Waals surface area contributed by atoms with Crippen molar-refractivity contribution in [1.29, 1.82) is 0 Å². The fourth-order valence-corrected chi connectivity index (χ4v) is 4.64. The zero-order chi connectivity index (χ0) is 14.3. The number of nitrogens with zero attached hydrogens (tertiary/aromatic N) is 1. The summed E-state index contributed by atoms with van der Waals surface area (Å²) in [5.74, 6) is 1.74. The molecule has 3 heteroatoms. The molecule has 0 amide bonds. The van der Waals surface area contributed by atoms with Crippen LogP contribution in [0.1, 0.15) is 68.0 Å². The van der Waals surface area contributed by atoms with E-state index in [4.69, 9.17) is 4.98 Å². The normalized spacial score (nSPS) is 30.9. The van der Waals surface area contributed by atoms with Gasteiger partial charge >= 0.3 is 0 Å². The number of thiazole rings is 1. The van der Waals surface area contributed by atoms with Crippen LogP contribution in [0.3, 0.4) is 0 Å². The number of hydrogen-bond acceptors (Lipinski definition) is 3. The Balaban J connectivity index is 1.82. The average molecular weight is 292 g/mol. The molecule has 2 fully saturated rings. The van der Waals surface area contributed by atoms with Crippen LogP contribution in [0.25, 0.3) is 0 Å². The minimum Gasteiger partial charge on any atom is -0.303 e. The van der Waals surface area contributed by atoms with Gasteiger partial charge in [-0.3, -0.25) is 0 Å². The lowest BCUT2D eigenvalue weighted by Crippen LogP contribution is -2.46. The number of nitrogens with one attached hydrogen (secondary N) is 1. The van der Waals surface area contributed by atoms with Crippen molar-refractivity contribution in [2.75, 3.05) is 0 Å². The van der Waals surface area contributed by atoms with E-state index in [0.29, 0.717) is 0 Å². The molecule has 0 radical (unpaired) electrons. The minimum absolute atomic E-state index is 0.191. The van der Waals surface area contributed by atoms with Crippen molar-refractivity contribution in [3.63, 3.8) is 0 Å². The third-order valence-corrected chi connectivity index (χ3v) is 6.60. The second kappa shape index (κ2) is 5.42. The third kappa shape index (κ3) is 2.80. The Hall–Kier alpha value is -0.410. The van der Waals surface area contributed by atoms with E-state index < -0.39 is 0 Å². The van der Waals surface area contributed by atoms with E-state index in [1.165, 1.54) is 54.1 Å². The van der Waals surface area contributed by atoms with E-state index in [0.717, 1.165) is 17.9 Å². The summed E-state index contributed by atoms with van der Waals surface area (Å²) in [4.78, 5) is 6.30. The second-order valence-electron chi connectivity index (χ2n) is 7.24. The van der Waals surface area contributed by atoms with Crippen LogP contribution in [-0.2, 0) is 5.54 Å². The number of aromatic nitrogens is 1. The first kappa shape index (κ1) is 14.5. The van der Waals surface area contributed by atoms with Crippen LogP contribution in [-0.4, -0.2) is 11.0 Å². The van der Waals surface area contributed by atoms with Gasteiger partial charge in [-0.2, -0.15) is 0 Å². The van der Waals surface area contributed by atoms with Crippen molar-refractivity contribution >= 4 is 11.3 Å². The zero-order valence-electron chi connectivity index (χ0n) is 13.3. The lowest BCUT2D eigenvalue weighted by atomic mass is 9.73. The predicted octanol–water partition coefficient (Wildman–Crippen LogP) is 4.55. The SMILES string of the molecule is Cc1nc(C2(NC3CC3)CCC(C(C)C)CC2)sc1C. The van der Waals surface area contributed by atoms with Crippen LogP contribution in [0.15, 0.2) is 0 Å². The molecule has 1 aromatic rings. The molecule has 1 heterocycles. The molecule has 1 N–H and O–H groups in total. The maximum atomic E-state index is 4.91. The molecule has 2 aliphatic carbocycles. The average Bonchev–Trinajstić information content (AvgIpc) is 3.15. The van der Waals surface area contributed by atoms with Crippen molar-refractivity contribution in [2.24, 2.45) is 11.8 Å². The predicted molar refractivity (Wildman–Crippen MR) is 86.2 cm³/mol. The maximum Gasteiger partial charge on any atom is 0.113 e. The van der Waals surface area contributed by atoms with Gasteiger partial charge in [0.2, 0.25) is 0 Å². The van der Waals surface area contributed by atoms with Crippen LogP contribution in [0.5, 0.6) is 0 Å². The highest BCUT2D eigenvalue weighted by atomic mass is 32.1. The van der Waals surface area contributed by atoms with Crippen LogP contribution < -0.4 is 5.32 Å². The summed E-state index contributed by atoms with van der Waals surface area (Å²) in [7, 11) is 0. The molecule has 2 saturated carbocycles. The van der Waals surface area contributed by atoms with Crippen LogP contribution in [0.2, 0.25) is 0 Å². The summed E-state index contributed by atoms with van der Waals surface area (Å²) in [5, 5.41) is 5.33. The molecule has 112 valence electrons. The molecule has 0 spiro atoms. The number of rotatable bonds is 4. The lowest BCUT2D eigenvalue weighted by Gasteiger charge is -2.41. The summed E-state index contributed by atoms with van der Waals surface area (Å²) in [6.07, 6.45) is 7.99. The van der Waals surface area contributed by atoms with Crippen molar-refractivity contribution in [2.45, 2.75) is 77.8 Å². The van der Waals surface area contributed by atoms with E-state index in [1.54, 1.807) is 0 Å².